The quantitative estimate of drug-likeness (QED) is 0.593. The summed E-state index contributed by atoms with van der Waals surface area (Å²) in [7, 11) is 0. The van der Waals surface area contributed by atoms with E-state index in [-0.39, 0.29) is 5.97 Å². The van der Waals surface area contributed by atoms with Crippen LogP contribution in [0, 0.1) is 0 Å². The third kappa shape index (κ3) is 4.03. The standard InChI is InChI=1S/C13H19NO2/c1-2-3-4-9-16-13(15)12-7-5-11(10-14)6-8-12/h5-8H,2-4,9-10,14H2,1H3. The zero-order chi connectivity index (χ0) is 11.8. The van der Waals surface area contributed by atoms with Crippen LogP contribution < -0.4 is 5.73 Å². The number of benzene rings is 1. The van der Waals surface area contributed by atoms with E-state index in [2.05, 4.69) is 6.92 Å². The normalized spacial score (nSPS) is 10.1. The molecular weight excluding hydrogens is 202 g/mol. The van der Waals surface area contributed by atoms with Crippen molar-refractivity contribution in [1.82, 2.24) is 0 Å². The Morgan fingerprint density at radius 2 is 1.94 bits per heavy atom. The first-order valence-corrected chi connectivity index (χ1v) is 5.74. The highest BCUT2D eigenvalue weighted by molar-refractivity contribution is 5.89. The Kier molecular flexibility index (Phi) is 5.57. The Morgan fingerprint density at radius 1 is 1.25 bits per heavy atom. The molecule has 0 aliphatic heterocycles. The summed E-state index contributed by atoms with van der Waals surface area (Å²) in [4.78, 5) is 11.6. The van der Waals surface area contributed by atoms with Crippen LogP contribution in [0.4, 0.5) is 0 Å². The molecule has 0 aliphatic carbocycles. The molecule has 0 saturated carbocycles. The van der Waals surface area contributed by atoms with Gasteiger partial charge in [-0.1, -0.05) is 31.9 Å². The molecular formula is C13H19NO2. The van der Waals surface area contributed by atoms with Crippen LogP contribution in [-0.4, -0.2) is 12.6 Å². The largest absolute Gasteiger partial charge is 0.462 e. The van der Waals surface area contributed by atoms with Crippen LogP contribution in [0.15, 0.2) is 24.3 Å². The van der Waals surface area contributed by atoms with Crippen molar-refractivity contribution >= 4 is 5.97 Å². The van der Waals surface area contributed by atoms with E-state index in [0.717, 1.165) is 24.8 Å². The van der Waals surface area contributed by atoms with Gasteiger partial charge >= 0.3 is 5.97 Å². The highest BCUT2D eigenvalue weighted by atomic mass is 16.5. The van der Waals surface area contributed by atoms with Gasteiger partial charge in [-0.05, 0) is 24.1 Å². The summed E-state index contributed by atoms with van der Waals surface area (Å²) in [6.07, 6.45) is 3.16. The predicted octanol–water partition coefficient (Wildman–Crippen LogP) is 2.49. The zero-order valence-corrected chi connectivity index (χ0v) is 9.74. The van der Waals surface area contributed by atoms with E-state index in [1.165, 1.54) is 0 Å². The number of carbonyl (C=O) groups is 1. The average molecular weight is 221 g/mol. The summed E-state index contributed by atoms with van der Waals surface area (Å²) < 4.78 is 5.13. The molecule has 0 spiro atoms. The van der Waals surface area contributed by atoms with Gasteiger partial charge < -0.3 is 10.5 Å². The first-order chi connectivity index (χ1) is 7.77. The summed E-state index contributed by atoms with van der Waals surface area (Å²) >= 11 is 0. The van der Waals surface area contributed by atoms with E-state index in [4.69, 9.17) is 10.5 Å². The molecule has 0 radical (unpaired) electrons. The average Bonchev–Trinajstić information content (AvgIpc) is 2.34. The Morgan fingerprint density at radius 3 is 2.50 bits per heavy atom. The van der Waals surface area contributed by atoms with Gasteiger partial charge in [0.2, 0.25) is 0 Å². The van der Waals surface area contributed by atoms with Crippen molar-refractivity contribution in [3.05, 3.63) is 35.4 Å². The van der Waals surface area contributed by atoms with Crippen molar-refractivity contribution in [1.29, 1.82) is 0 Å². The molecule has 88 valence electrons. The van der Waals surface area contributed by atoms with Gasteiger partial charge in [0.15, 0.2) is 0 Å². The fraction of sp³-hybridized carbons (Fsp3) is 0.462. The van der Waals surface area contributed by atoms with Gasteiger partial charge in [0.05, 0.1) is 12.2 Å². The van der Waals surface area contributed by atoms with Crippen LogP contribution in [-0.2, 0) is 11.3 Å². The third-order valence-corrected chi connectivity index (χ3v) is 2.41. The van der Waals surface area contributed by atoms with Crippen LogP contribution in [0.25, 0.3) is 0 Å². The fourth-order valence-electron chi connectivity index (χ4n) is 1.38. The monoisotopic (exact) mass is 221 g/mol. The van der Waals surface area contributed by atoms with Gasteiger partial charge in [-0.25, -0.2) is 4.79 Å². The van der Waals surface area contributed by atoms with Crippen molar-refractivity contribution in [2.45, 2.75) is 32.7 Å². The highest BCUT2D eigenvalue weighted by Gasteiger charge is 2.05. The van der Waals surface area contributed by atoms with E-state index >= 15 is 0 Å². The molecule has 1 aromatic carbocycles. The SMILES string of the molecule is CCCCCOC(=O)c1ccc(CN)cc1. The topological polar surface area (TPSA) is 52.3 Å². The number of ether oxygens (including phenoxy) is 1. The maximum absolute atomic E-state index is 11.6. The summed E-state index contributed by atoms with van der Waals surface area (Å²) in [6.45, 7) is 3.12. The maximum Gasteiger partial charge on any atom is 0.338 e. The molecule has 0 aliphatic rings. The molecule has 16 heavy (non-hydrogen) atoms. The van der Waals surface area contributed by atoms with Gasteiger partial charge in [-0.3, -0.25) is 0 Å². The molecule has 0 saturated heterocycles. The van der Waals surface area contributed by atoms with Gasteiger partial charge in [-0.2, -0.15) is 0 Å². The smallest absolute Gasteiger partial charge is 0.338 e. The van der Waals surface area contributed by atoms with E-state index < -0.39 is 0 Å². The van der Waals surface area contributed by atoms with Gasteiger partial charge in [0.1, 0.15) is 0 Å². The van der Waals surface area contributed by atoms with E-state index in [1.807, 2.05) is 12.1 Å². The molecule has 0 amide bonds. The Balaban J connectivity index is 2.40. The van der Waals surface area contributed by atoms with Crippen molar-refractivity contribution in [3.8, 4) is 0 Å². The highest BCUT2D eigenvalue weighted by Crippen LogP contribution is 2.06. The number of hydrogen-bond donors (Lipinski definition) is 1. The van der Waals surface area contributed by atoms with Crippen LogP contribution in [0.2, 0.25) is 0 Å². The Labute approximate surface area is 96.6 Å². The van der Waals surface area contributed by atoms with E-state index in [9.17, 15) is 4.79 Å². The predicted molar refractivity (Wildman–Crippen MR) is 64.1 cm³/mol. The van der Waals surface area contributed by atoms with E-state index in [1.54, 1.807) is 12.1 Å². The fourth-order valence-corrected chi connectivity index (χ4v) is 1.38. The van der Waals surface area contributed by atoms with Gasteiger partial charge in [0, 0.05) is 6.54 Å². The molecule has 3 heteroatoms. The van der Waals surface area contributed by atoms with Crippen LogP contribution >= 0.6 is 0 Å². The second-order valence-corrected chi connectivity index (χ2v) is 3.74. The van der Waals surface area contributed by atoms with Crippen LogP contribution in [0.1, 0.15) is 42.1 Å². The van der Waals surface area contributed by atoms with Crippen LogP contribution in [0.5, 0.6) is 0 Å². The minimum atomic E-state index is -0.250. The van der Waals surface area contributed by atoms with Crippen molar-refractivity contribution in [2.24, 2.45) is 5.73 Å². The third-order valence-electron chi connectivity index (χ3n) is 2.41. The number of rotatable bonds is 6. The number of esters is 1. The van der Waals surface area contributed by atoms with E-state index in [0.29, 0.717) is 18.7 Å². The maximum atomic E-state index is 11.6. The molecule has 0 fully saturated rings. The number of unbranched alkanes of at least 4 members (excludes halogenated alkanes) is 2. The number of hydrogen-bond acceptors (Lipinski definition) is 3. The molecule has 0 atom stereocenters. The summed E-state index contributed by atoms with van der Waals surface area (Å²) in [5.74, 6) is -0.250. The molecule has 3 nitrogen and oxygen atoms in total. The van der Waals surface area contributed by atoms with Gasteiger partial charge in [-0.15, -0.1) is 0 Å². The molecule has 1 aromatic rings. The molecule has 1 rings (SSSR count). The van der Waals surface area contributed by atoms with Crippen molar-refractivity contribution in [3.63, 3.8) is 0 Å². The second kappa shape index (κ2) is 7.01. The lowest BCUT2D eigenvalue weighted by atomic mass is 10.1. The lowest BCUT2D eigenvalue weighted by Crippen LogP contribution is -2.06. The first kappa shape index (κ1) is 12.7. The minimum Gasteiger partial charge on any atom is -0.462 e. The second-order valence-electron chi connectivity index (χ2n) is 3.74. The van der Waals surface area contributed by atoms with Gasteiger partial charge in [0.25, 0.3) is 0 Å². The molecule has 2 N–H and O–H groups in total. The zero-order valence-electron chi connectivity index (χ0n) is 9.74. The van der Waals surface area contributed by atoms with Crippen LogP contribution in [0.3, 0.4) is 0 Å². The minimum absolute atomic E-state index is 0.250. The lowest BCUT2D eigenvalue weighted by molar-refractivity contribution is 0.0498. The molecule has 0 aromatic heterocycles. The molecule has 0 unspecified atom stereocenters. The first-order valence-electron chi connectivity index (χ1n) is 5.74. The molecule has 0 bridgehead atoms. The molecule has 0 heterocycles. The summed E-state index contributed by atoms with van der Waals surface area (Å²) in [5, 5.41) is 0. The Bertz CT molecular complexity index is 319. The van der Waals surface area contributed by atoms with Crippen molar-refractivity contribution in [2.75, 3.05) is 6.61 Å². The number of carbonyl (C=O) groups excluding carboxylic acids is 1. The summed E-state index contributed by atoms with van der Waals surface area (Å²) in [6, 6.07) is 7.21. The Hall–Kier alpha value is -1.35. The number of nitrogens with two attached hydrogens (primary N) is 1. The summed E-state index contributed by atoms with van der Waals surface area (Å²) in [5.41, 5.74) is 7.08. The van der Waals surface area contributed by atoms with Crippen molar-refractivity contribution < 1.29 is 9.53 Å². The lowest BCUT2D eigenvalue weighted by Gasteiger charge is -2.04.